The van der Waals surface area contributed by atoms with E-state index in [4.69, 9.17) is 9.47 Å². The fourth-order valence-corrected chi connectivity index (χ4v) is 2.90. The van der Waals surface area contributed by atoms with Gasteiger partial charge in [0.05, 0.1) is 38.8 Å². The van der Waals surface area contributed by atoms with E-state index in [0.717, 1.165) is 25.7 Å². The lowest BCUT2D eigenvalue weighted by atomic mass is 9.99. The number of nitrogens with two attached hydrogens (primary N) is 1. The van der Waals surface area contributed by atoms with Gasteiger partial charge in [0, 0.05) is 12.0 Å². The molecule has 0 heterocycles. The van der Waals surface area contributed by atoms with E-state index in [1.165, 1.54) is 14.2 Å². The number of nitrogens with one attached hydrogen (secondary N) is 1. The highest BCUT2D eigenvalue weighted by molar-refractivity contribution is 5.94. The Balaban J connectivity index is 2.66. The molecule has 0 radical (unpaired) electrons. The number of carbonyl (C=O) groups excluding carboxylic acids is 2. The maximum absolute atomic E-state index is 12.3. The average Bonchev–Trinajstić information content (AvgIpc) is 2.67. The molecule has 7 heteroatoms. The Kier molecular flexibility index (Phi) is 10.3. The van der Waals surface area contributed by atoms with Crippen molar-refractivity contribution in [1.29, 1.82) is 0 Å². The van der Waals surface area contributed by atoms with Crippen molar-refractivity contribution in [3.05, 3.63) is 18.2 Å². The number of anilines is 1. The van der Waals surface area contributed by atoms with Crippen molar-refractivity contribution in [2.75, 3.05) is 26.1 Å². The van der Waals surface area contributed by atoms with Crippen LogP contribution in [0.4, 0.5) is 5.69 Å². The molecule has 27 heavy (non-hydrogen) atoms. The molecule has 3 N–H and O–H groups in total. The summed E-state index contributed by atoms with van der Waals surface area (Å²) in [6.07, 6.45) is 4.14. The van der Waals surface area contributed by atoms with Crippen molar-refractivity contribution >= 4 is 17.6 Å². The number of methoxy groups -OCH3 is 2. The number of hydrogen-bond acceptors (Lipinski definition) is 5. The van der Waals surface area contributed by atoms with E-state index in [-0.39, 0.29) is 6.42 Å². The molecule has 152 valence electrons. The minimum Gasteiger partial charge on any atom is -0.544 e. The molecular formula is C20H32N2O5. The van der Waals surface area contributed by atoms with Gasteiger partial charge in [0.15, 0.2) is 0 Å². The third-order valence-corrected chi connectivity index (χ3v) is 4.69. The van der Waals surface area contributed by atoms with Gasteiger partial charge in [-0.25, -0.2) is 0 Å². The lowest BCUT2D eigenvalue weighted by molar-refractivity contribution is -0.687. The summed E-state index contributed by atoms with van der Waals surface area (Å²) in [7, 11) is 3.03. The number of carboxylic acid groups (broad SMARTS) is 1. The Bertz CT molecular complexity index is 606. The number of unbranched alkanes of at least 4 members (excludes halogenated alkanes) is 1. The maximum Gasteiger partial charge on any atom is 0.230 e. The zero-order chi connectivity index (χ0) is 20.2. The first-order valence-electron chi connectivity index (χ1n) is 9.51. The van der Waals surface area contributed by atoms with Crippen LogP contribution in [0.25, 0.3) is 0 Å². The second-order valence-electron chi connectivity index (χ2n) is 6.63. The maximum atomic E-state index is 12.3. The molecular weight excluding hydrogens is 348 g/mol. The highest BCUT2D eigenvalue weighted by atomic mass is 16.5. The van der Waals surface area contributed by atoms with Crippen molar-refractivity contribution in [3.8, 4) is 11.5 Å². The van der Waals surface area contributed by atoms with Gasteiger partial charge >= 0.3 is 0 Å². The van der Waals surface area contributed by atoms with Gasteiger partial charge in [-0.15, -0.1) is 0 Å². The molecule has 0 unspecified atom stereocenters. The molecule has 0 aromatic heterocycles. The minimum atomic E-state index is -1.22. The predicted molar refractivity (Wildman–Crippen MR) is 102 cm³/mol. The number of amides is 1. The third-order valence-electron chi connectivity index (χ3n) is 4.69. The fourth-order valence-electron chi connectivity index (χ4n) is 2.90. The number of rotatable bonds is 13. The van der Waals surface area contributed by atoms with E-state index in [1.807, 2.05) is 0 Å². The molecule has 0 spiro atoms. The summed E-state index contributed by atoms with van der Waals surface area (Å²) < 4.78 is 10.4. The van der Waals surface area contributed by atoms with Crippen LogP contribution in [-0.4, -0.2) is 38.7 Å². The topological polar surface area (TPSA) is 104 Å². The summed E-state index contributed by atoms with van der Waals surface area (Å²) in [5, 5.41) is 15.9. The summed E-state index contributed by atoms with van der Waals surface area (Å²) in [6.45, 7) is 4.91. The molecule has 1 amide bonds. The second kappa shape index (κ2) is 12.2. The predicted octanol–water partition coefficient (Wildman–Crippen LogP) is 0.931. The van der Waals surface area contributed by atoms with Crippen LogP contribution in [0.15, 0.2) is 18.2 Å². The molecule has 7 nitrogen and oxygen atoms in total. The first-order chi connectivity index (χ1) is 12.9. The van der Waals surface area contributed by atoms with E-state index in [2.05, 4.69) is 19.2 Å². The highest BCUT2D eigenvalue weighted by Gasteiger charge is 2.21. The summed E-state index contributed by atoms with van der Waals surface area (Å²) in [5.41, 5.74) is 0.467. The summed E-state index contributed by atoms with van der Waals surface area (Å²) in [6, 6.07) is 4.09. The van der Waals surface area contributed by atoms with Crippen LogP contribution in [0.5, 0.6) is 11.5 Å². The van der Waals surface area contributed by atoms with Gasteiger partial charge in [0.1, 0.15) is 17.5 Å². The van der Waals surface area contributed by atoms with Crippen molar-refractivity contribution in [3.63, 3.8) is 0 Å². The number of quaternary nitrogens is 1. The molecule has 0 saturated heterocycles. The Hall–Kier alpha value is -2.28. The van der Waals surface area contributed by atoms with Crippen molar-refractivity contribution in [2.24, 2.45) is 5.92 Å². The first-order valence-corrected chi connectivity index (χ1v) is 9.51. The van der Waals surface area contributed by atoms with Crippen LogP contribution in [0.3, 0.4) is 0 Å². The van der Waals surface area contributed by atoms with Crippen LogP contribution in [-0.2, 0) is 9.59 Å². The standard InChI is InChI=1S/C20H32N2O5/c1-5-7-8-14(6-2)13-21-17(20(24)25)12-19(23)22-16-10-9-15(26-3)11-18(16)27-4/h9-11,14,17,21H,5-8,12-13H2,1-4H3,(H,22,23)(H,24,25)/t14-,17+/m1/s1. The number of aliphatic carboxylic acids is 1. The Labute approximate surface area is 161 Å². The van der Waals surface area contributed by atoms with Crippen LogP contribution in [0, 0.1) is 5.92 Å². The largest absolute Gasteiger partial charge is 0.544 e. The smallest absolute Gasteiger partial charge is 0.230 e. The van der Waals surface area contributed by atoms with Crippen LogP contribution in [0.1, 0.15) is 46.0 Å². The molecule has 0 aliphatic rings. The van der Waals surface area contributed by atoms with Crippen LogP contribution in [0.2, 0.25) is 0 Å². The van der Waals surface area contributed by atoms with Crippen molar-refractivity contribution < 1.29 is 29.5 Å². The SMILES string of the molecule is CCCC[C@@H](CC)C[NH2+][C@@H](CC(=O)Nc1ccc(OC)cc1OC)C(=O)[O-]. The Morgan fingerprint density at radius 1 is 1.22 bits per heavy atom. The molecule has 0 aliphatic heterocycles. The normalized spacial score (nSPS) is 12.9. The van der Waals surface area contributed by atoms with Crippen molar-refractivity contribution in [1.82, 2.24) is 0 Å². The molecule has 1 aromatic carbocycles. The van der Waals surface area contributed by atoms with Crippen molar-refractivity contribution in [2.45, 2.75) is 52.0 Å². The average molecular weight is 380 g/mol. The van der Waals surface area contributed by atoms with Crippen LogP contribution < -0.4 is 25.2 Å². The lowest BCUT2D eigenvalue weighted by Gasteiger charge is -2.20. The molecule has 0 bridgehead atoms. The molecule has 2 atom stereocenters. The van der Waals surface area contributed by atoms with Gasteiger partial charge in [-0.3, -0.25) is 4.79 Å². The fraction of sp³-hybridized carbons (Fsp3) is 0.600. The summed E-state index contributed by atoms with van der Waals surface area (Å²) >= 11 is 0. The van der Waals surface area contributed by atoms with E-state index in [1.54, 1.807) is 23.5 Å². The quantitative estimate of drug-likeness (QED) is 0.530. The number of ether oxygens (including phenoxy) is 2. The zero-order valence-corrected chi connectivity index (χ0v) is 16.7. The number of carboxylic acids is 1. The Morgan fingerprint density at radius 2 is 1.96 bits per heavy atom. The molecule has 0 saturated carbocycles. The molecule has 1 rings (SSSR count). The van der Waals surface area contributed by atoms with Gasteiger partial charge < -0.3 is 30.0 Å². The minimum absolute atomic E-state index is 0.165. The summed E-state index contributed by atoms with van der Waals surface area (Å²) in [4.78, 5) is 23.8. The number of hydrogen-bond donors (Lipinski definition) is 2. The Morgan fingerprint density at radius 3 is 2.52 bits per heavy atom. The number of benzene rings is 1. The third kappa shape index (κ3) is 7.86. The lowest BCUT2D eigenvalue weighted by Crippen LogP contribution is -2.94. The summed E-state index contributed by atoms with van der Waals surface area (Å²) in [5.74, 6) is -0.134. The van der Waals surface area contributed by atoms with E-state index >= 15 is 0 Å². The zero-order valence-electron chi connectivity index (χ0n) is 16.7. The number of carbonyl (C=O) groups is 2. The first kappa shape index (κ1) is 22.8. The van der Waals surface area contributed by atoms with Gasteiger partial charge in [0.2, 0.25) is 5.91 Å². The van der Waals surface area contributed by atoms with E-state index in [9.17, 15) is 14.7 Å². The monoisotopic (exact) mass is 380 g/mol. The second-order valence-corrected chi connectivity index (χ2v) is 6.63. The van der Waals surface area contributed by atoms with Gasteiger partial charge in [-0.05, 0) is 25.0 Å². The van der Waals surface area contributed by atoms with E-state index < -0.39 is 17.9 Å². The van der Waals surface area contributed by atoms with Gasteiger partial charge in [-0.2, -0.15) is 0 Å². The molecule has 0 aliphatic carbocycles. The van der Waals surface area contributed by atoms with Crippen LogP contribution >= 0.6 is 0 Å². The molecule has 1 aromatic rings. The molecule has 0 fully saturated rings. The van der Waals surface area contributed by atoms with E-state index in [0.29, 0.717) is 29.6 Å². The highest BCUT2D eigenvalue weighted by Crippen LogP contribution is 2.29. The van der Waals surface area contributed by atoms with Gasteiger partial charge in [0.25, 0.3) is 0 Å². The van der Waals surface area contributed by atoms with Gasteiger partial charge in [-0.1, -0.05) is 26.7 Å².